The number of aromatic nitrogens is 2. The first-order chi connectivity index (χ1) is 9.11. The highest BCUT2D eigenvalue weighted by Crippen LogP contribution is 2.26. The first-order valence-electron chi connectivity index (χ1n) is 6.19. The fourth-order valence-electron chi connectivity index (χ4n) is 1.96. The number of aryl methyl sites for hydroxylation is 1. The third kappa shape index (κ3) is 3.60. The second-order valence-corrected chi connectivity index (χ2v) is 6.88. The molecule has 2 atom stereocenters. The molecule has 1 aromatic heterocycles. The van der Waals surface area contributed by atoms with Crippen molar-refractivity contribution in [2.45, 2.75) is 18.2 Å². The average Bonchev–Trinajstić information content (AvgIpc) is 2.81. The summed E-state index contributed by atoms with van der Waals surface area (Å²) in [6, 6.07) is -0.142. The summed E-state index contributed by atoms with van der Waals surface area (Å²) in [6.07, 6.45) is 1.81. The van der Waals surface area contributed by atoms with E-state index in [1.54, 1.807) is 23.6 Å². The number of nitrogens with one attached hydrogen (secondary N) is 1. The number of carbonyl (C=O) groups is 1. The van der Waals surface area contributed by atoms with Crippen molar-refractivity contribution in [3.63, 3.8) is 0 Å². The van der Waals surface area contributed by atoms with E-state index in [9.17, 15) is 4.79 Å². The maximum atomic E-state index is 12.2. The standard InChI is InChI=1S/C12H19N3O2S2/c1-8(11-9(17-3)6-15(2)14-11)13-12(16)10-7-18-4-5-19-10/h6,8,10H,4-5,7H2,1-3H3,(H,13,16). The summed E-state index contributed by atoms with van der Waals surface area (Å²) in [4.78, 5) is 12.2. The Morgan fingerprint density at radius 2 is 2.42 bits per heavy atom. The van der Waals surface area contributed by atoms with Crippen molar-refractivity contribution >= 4 is 29.4 Å². The molecule has 19 heavy (non-hydrogen) atoms. The van der Waals surface area contributed by atoms with Crippen LogP contribution in [0.2, 0.25) is 0 Å². The lowest BCUT2D eigenvalue weighted by molar-refractivity contribution is -0.120. The number of amides is 1. The Kier molecular flexibility index (Phi) is 5.04. The molecule has 1 amide bonds. The lowest BCUT2D eigenvalue weighted by atomic mass is 10.2. The van der Waals surface area contributed by atoms with Crippen LogP contribution in [0.15, 0.2) is 6.20 Å². The number of nitrogens with zero attached hydrogens (tertiary/aromatic N) is 2. The molecule has 2 unspecified atom stereocenters. The van der Waals surface area contributed by atoms with Crippen molar-refractivity contribution in [1.82, 2.24) is 15.1 Å². The van der Waals surface area contributed by atoms with Gasteiger partial charge in [0.1, 0.15) is 5.69 Å². The van der Waals surface area contributed by atoms with Crippen molar-refractivity contribution in [2.75, 3.05) is 24.4 Å². The van der Waals surface area contributed by atoms with E-state index in [1.165, 1.54) is 0 Å². The molecule has 2 rings (SSSR count). The molecule has 5 nitrogen and oxygen atoms in total. The SMILES string of the molecule is COc1cn(C)nc1C(C)NC(=O)C1CSCCS1. The summed E-state index contributed by atoms with van der Waals surface area (Å²) < 4.78 is 6.97. The quantitative estimate of drug-likeness (QED) is 0.912. The first-order valence-corrected chi connectivity index (χ1v) is 8.39. The molecule has 1 aliphatic heterocycles. The molecule has 0 aromatic carbocycles. The minimum Gasteiger partial charge on any atom is -0.493 e. The Labute approximate surface area is 121 Å². The van der Waals surface area contributed by atoms with Crippen molar-refractivity contribution in [3.8, 4) is 5.75 Å². The molecule has 0 bridgehead atoms. The van der Waals surface area contributed by atoms with E-state index in [0.717, 1.165) is 23.0 Å². The van der Waals surface area contributed by atoms with Crippen LogP contribution >= 0.6 is 23.5 Å². The Bertz CT molecular complexity index is 444. The zero-order chi connectivity index (χ0) is 13.8. The Morgan fingerprint density at radius 3 is 3.05 bits per heavy atom. The molecule has 1 saturated heterocycles. The van der Waals surface area contributed by atoms with Crippen LogP contribution in [-0.2, 0) is 11.8 Å². The number of hydrogen-bond donors (Lipinski definition) is 1. The molecular formula is C12H19N3O2S2. The van der Waals surface area contributed by atoms with Gasteiger partial charge < -0.3 is 10.1 Å². The molecule has 1 aromatic rings. The van der Waals surface area contributed by atoms with Gasteiger partial charge in [-0.15, -0.1) is 11.8 Å². The van der Waals surface area contributed by atoms with E-state index in [4.69, 9.17) is 4.74 Å². The van der Waals surface area contributed by atoms with Gasteiger partial charge in [0, 0.05) is 24.3 Å². The molecule has 106 valence electrons. The highest BCUT2D eigenvalue weighted by molar-refractivity contribution is 8.07. The van der Waals surface area contributed by atoms with Gasteiger partial charge in [-0.2, -0.15) is 16.9 Å². The second kappa shape index (κ2) is 6.56. The lowest BCUT2D eigenvalue weighted by Gasteiger charge is -2.22. The van der Waals surface area contributed by atoms with E-state index in [2.05, 4.69) is 10.4 Å². The first kappa shape index (κ1) is 14.6. The highest BCUT2D eigenvalue weighted by Gasteiger charge is 2.25. The second-order valence-electron chi connectivity index (χ2n) is 4.42. The largest absolute Gasteiger partial charge is 0.493 e. The maximum absolute atomic E-state index is 12.2. The Morgan fingerprint density at radius 1 is 1.63 bits per heavy atom. The van der Waals surface area contributed by atoms with E-state index < -0.39 is 0 Å². The van der Waals surface area contributed by atoms with Gasteiger partial charge in [-0.1, -0.05) is 0 Å². The summed E-state index contributed by atoms with van der Waals surface area (Å²) >= 11 is 3.57. The number of methoxy groups -OCH3 is 1. The van der Waals surface area contributed by atoms with Gasteiger partial charge in [-0.05, 0) is 6.92 Å². The predicted molar refractivity (Wildman–Crippen MR) is 79.9 cm³/mol. The predicted octanol–water partition coefficient (Wildman–Crippen LogP) is 1.45. The minimum atomic E-state index is -0.142. The molecule has 7 heteroatoms. The van der Waals surface area contributed by atoms with E-state index >= 15 is 0 Å². The number of thioether (sulfide) groups is 2. The van der Waals surface area contributed by atoms with E-state index in [1.807, 2.05) is 31.9 Å². The maximum Gasteiger partial charge on any atom is 0.234 e. The van der Waals surface area contributed by atoms with E-state index in [0.29, 0.717) is 5.75 Å². The molecule has 0 radical (unpaired) electrons. The minimum absolute atomic E-state index is 0.0518. The van der Waals surface area contributed by atoms with Gasteiger partial charge in [0.25, 0.3) is 0 Å². The van der Waals surface area contributed by atoms with Gasteiger partial charge in [-0.3, -0.25) is 9.48 Å². The van der Waals surface area contributed by atoms with E-state index in [-0.39, 0.29) is 17.2 Å². The zero-order valence-corrected chi connectivity index (χ0v) is 13.0. The number of carbonyl (C=O) groups excluding carboxylic acids is 1. The van der Waals surface area contributed by atoms with Gasteiger partial charge in [0.05, 0.1) is 24.6 Å². The van der Waals surface area contributed by atoms with Crippen LogP contribution in [0, 0.1) is 0 Å². The third-order valence-corrected chi connectivity index (χ3v) is 5.67. The molecule has 1 aliphatic rings. The summed E-state index contributed by atoms with van der Waals surface area (Å²) in [6.45, 7) is 1.93. The molecule has 0 saturated carbocycles. The topological polar surface area (TPSA) is 56.1 Å². The van der Waals surface area contributed by atoms with Crippen LogP contribution in [0.1, 0.15) is 18.7 Å². The highest BCUT2D eigenvalue weighted by atomic mass is 32.2. The molecule has 0 aliphatic carbocycles. The molecule has 1 fully saturated rings. The Hall–Kier alpha value is -0.820. The van der Waals surface area contributed by atoms with Crippen LogP contribution in [0.5, 0.6) is 5.75 Å². The van der Waals surface area contributed by atoms with Gasteiger partial charge in [0.2, 0.25) is 5.91 Å². The number of hydrogen-bond acceptors (Lipinski definition) is 5. The molecule has 1 N–H and O–H groups in total. The van der Waals surface area contributed by atoms with Gasteiger partial charge >= 0.3 is 0 Å². The summed E-state index contributed by atoms with van der Waals surface area (Å²) in [7, 11) is 3.46. The summed E-state index contributed by atoms with van der Waals surface area (Å²) in [5.74, 6) is 3.88. The van der Waals surface area contributed by atoms with Crippen LogP contribution < -0.4 is 10.1 Å². The summed E-state index contributed by atoms with van der Waals surface area (Å²) in [5, 5.41) is 7.42. The van der Waals surface area contributed by atoms with Crippen molar-refractivity contribution in [1.29, 1.82) is 0 Å². The van der Waals surface area contributed by atoms with Crippen LogP contribution in [0.25, 0.3) is 0 Å². The van der Waals surface area contributed by atoms with Crippen LogP contribution in [0.4, 0.5) is 0 Å². The van der Waals surface area contributed by atoms with Crippen molar-refractivity contribution in [2.24, 2.45) is 7.05 Å². The molecular weight excluding hydrogens is 282 g/mol. The number of rotatable bonds is 4. The number of ether oxygens (including phenoxy) is 1. The monoisotopic (exact) mass is 301 g/mol. The third-order valence-electron chi connectivity index (χ3n) is 2.92. The fraction of sp³-hybridized carbons (Fsp3) is 0.667. The smallest absolute Gasteiger partial charge is 0.234 e. The van der Waals surface area contributed by atoms with Crippen LogP contribution in [-0.4, -0.2) is 45.3 Å². The Balaban J connectivity index is 1.99. The lowest BCUT2D eigenvalue weighted by Crippen LogP contribution is -2.37. The molecule has 2 heterocycles. The fourth-order valence-corrected chi connectivity index (χ4v) is 4.52. The van der Waals surface area contributed by atoms with Gasteiger partial charge in [0.15, 0.2) is 5.75 Å². The summed E-state index contributed by atoms with van der Waals surface area (Å²) in [5.41, 5.74) is 0.770. The zero-order valence-electron chi connectivity index (χ0n) is 11.4. The molecule has 0 spiro atoms. The van der Waals surface area contributed by atoms with Crippen molar-refractivity contribution in [3.05, 3.63) is 11.9 Å². The normalized spacial score (nSPS) is 20.9. The van der Waals surface area contributed by atoms with Gasteiger partial charge in [-0.25, -0.2) is 0 Å². The van der Waals surface area contributed by atoms with Crippen molar-refractivity contribution < 1.29 is 9.53 Å². The average molecular weight is 301 g/mol. The van der Waals surface area contributed by atoms with Crippen LogP contribution in [0.3, 0.4) is 0 Å².